The molecule has 2 N–H and O–H groups in total. The number of hydrogen-bond acceptors (Lipinski definition) is 4. The molecule has 7 heteroatoms. The van der Waals surface area contributed by atoms with Gasteiger partial charge in [0, 0.05) is 18.0 Å². The Morgan fingerprint density at radius 2 is 2.12 bits per heavy atom. The van der Waals surface area contributed by atoms with Crippen LogP contribution >= 0.6 is 11.6 Å². The second-order valence-electron chi connectivity index (χ2n) is 5.02. The molecule has 0 fully saturated rings. The fourth-order valence-electron chi connectivity index (χ4n) is 1.93. The Morgan fingerprint density at radius 1 is 1.29 bits per heavy atom. The molecule has 6 nitrogen and oxygen atoms in total. The highest BCUT2D eigenvalue weighted by atomic mass is 35.5. The maximum Gasteiger partial charge on any atom is 0.286 e. The van der Waals surface area contributed by atoms with E-state index in [4.69, 9.17) is 20.8 Å². The fourth-order valence-corrected chi connectivity index (χ4v) is 2.11. The maximum atomic E-state index is 12.0. The monoisotopic (exact) mass is 350 g/mol. The third-order valence-corrected chi connectivity index (χ3v) is 3.30. The van der Waals surface area contributed by atoms with Crippen molar-refractivity contribution in [1.82, 2.24) is 5.32 Å². The second kappa shape index (κ2) is 8.98. The average Bonchev–Trinajstić information content (AvgIpc) is 3.08. The zero-order valence-electron chi connectivity index (χ0n) is 13.3. The number of ether oxygens (including phenoxy) is 1. The summed E-state index contributed by atoms with van der Waals surface area (Å²) in [5.41, 5.74) is 0.512. The molecule has 0 bridgehead atoms. The number of carbonyl (C=O) groups is 2. The zero-order chi connectivity index (χ0) is 17.4. The van der Waals surface area contributed by atoms with Crippen molar-refractivity contribution in [3.05, 3.63) is 47.4 Å². The topological polar surface area (TPSA) is 80.6 Å². The Bertz CT molecular complexity index is 686. The van der Waals surface area contributed by atoms with Crippen LogP contribution in [-0.4, -0.2) is 25.0 Å². The van der Waals surface area contributed by atoms with Crippen molar-refractivity contribution in [2.75, 3.05) is 18.5 Å². The number of halogens is 1. The number of anilines is 1. The quantitative estimate of drug-likeness (QED) is 0.763. The smallest absolute Gasteiger partial charge is 0.286 e. The minimum atomic E-state index is -0.359. The molecule has 2 aromatic rings. The molecule has 0 aliphatic rings. The van der Waals surface area contributed by atoms with Gasteiger partial charge >= 0.3 is 0 Å². The SMILES string of the molecule is CCCOc1ccc(Cl)cc1NC(=O)CCNC(=O)c1ccco1. The van der Waals surface area contributed by atoms with Gasteiger partial charge in [-0.05, 0) is 36.8 Å². The number of rotatable bonds is 8. The van der Waals surface area contributed by atoms with Gasteiger partial charge in [0.05, 0.1) is 18.6 Å². The Kier molecular flexibility index (Phi) is 6.69. The molecule has 0 saturated carbocycles. The molecule has 0 spiro atoms. The molecule has 0 atom stereocenters. The van der Waals surface area contributed by atoms with Crippen molar-refractivity contribution < 1.29 is 18.7 Å². The predicted octanol–water partition coefficient (Wildman–Crippen LogP) is 3.48. The maximum absolute atomic E-state index is 12.0. The first kappa shape index (κ1) is 17.9. The third-order valence-electron chi connectivity index (χ3n) is 3.06. The lowest BCUT2D eigenvalue weighted by Gasteiger charge is -2.12. The summed E-state index contributed by atoms with van der Waals surface area (Å²) < 4.78 is 10.5. The van der Waals surface area contributed by atoms with Crippen LogP contribution in [0.3, 0.4) is 0 Å². The molecule has 1 aromatic carbocycles. The Morgan fingerprint density at radius 3 is 2.83 bits per heavy atom. The summed E-state index contributed by atoms with van der Waals surface area (Å²) in [5, 5.41) is 5.86. The van der Waals surface area contributed by atoms with Gasteiger partial charge in [0.1, 0.15) is 5.75 Å². The fraction of sp³-hybridized carbons (Fsp3) is 0.294. The number of benzene rings is 1. The molecule has 0 saturated heterocycles. The zero-order valence-corrected chi connectivity index (χ0v) is 14.1. The summed E-state index contributed by atoms with van der Waals surface area (Å²) in [6.07, 6.45) is 2.39. The Balaban J connectivity index is 1.85. The van der Waals surface area contributed by atoms with E-state index in [-0.39, 0.29) is 30.5 Å². The summed E-state index contributed by atoms with van der Waals surface area (Å²) in [5.74, 6) is 0.163. The van der Waals surface area contributed by atoms with Gasteiger partial charge in [-0.3, -0.25) is 9.59 Å². The Labute approximate surface area is 145 Å². The van der Waals surface area contributed by atoms with Crippen molar-refractivity contribution in [1.29, 1.82) is 0 Å². The molecule has 1 heterocycles. The number of furan rings is 1. The highest BCUT2D eigenvalue weighted by Gasteiger charge is 2.11. The van der Waals surface area contributed by atoms with E-state index in [1.54, 1.807) is 30.3 Å². The largest absolute Gasteiger partial charge is 0.491 e. The van der Waals surface area contributed by atoms with Crippen molar-refractivity contribution >= 4 is 29.1 Å². The standard InChI is InChI=1S/C17H19ClN2O4/c1-2-9-23-14-6-5-12(18)11-13(14)20-16(21)7-8-19-17(22)15-4-3-10-24-15/h3-6,10-11H,2,7-9H2,1H3,(H,19,22)(H,20,21). The summed E-state index contributed by atoms with van der Waals surface area (Å²) in [7, 11) is 0. The lowest BCUT2D eigenvalue weighted by Crippen LogP contribution is -2.27. The van der Waals surface area contributed by atoms with Gasteiger partial charge in [-0.15, -0.1) is 0 Å². The molecule has 128 valence electrons. The van der Waals surface area contributed by atoms with E-state index in [2.05, 4.69) is 10.6 Å². The Hall–Kier alpha value is -2.47. The van der Waals surface area contributed by atoms with Crippen LogP contribution in [0.1, 0.15) is 30.3 Å². The van der Waals surface area contributed by atoms with E-state index in [0.717, 1.165) is 6.42 Å². The molecular weight excluding hydrogens is 332 g/mol. The molecule has 2 amide bonds. The average molecular weight is 351 g/mol. The first-order valence-corrected chi connectivity index (χ1v) is 8.02. The van der Waals surface area contributed by atoms with Gasteiger partial charge in [-0.25, -0.2) is 0 Å². The molecular formula is C17H19ClN2O4. The number of amides is 2. The van der Waals surface area contributed by atoms with Crippen molar-refractivity contribution in [2.24, 2.45) is 0 Å². The summed E-state index contributed by atoms with van der Waals surface area (Å²) in [6.45, 7) is 2.73. The van der Waals surface area contributed by atoms with Gasteiger partial charge in [-0.2, -0.15) is 0 Å². The molecule has 1 aromatic heterocycles. The number of hydrogen-bond donors (Lipinski definition) is 2. The van der Waals surface area contributed by atoms with Crippen LogP contribution in [0.4, 0.5) is 5.69 Å². The minimum Gasteiger partial charge on any atom is -0.491 e. The van der Waals surface area contributed by atoms with Crippen LogP contribution < -0.4 is 15.4 Å². The van der Waals surface area contributed by atoms with Crippen LogP contribution in [0.25, 0.3) is 0 Å². The van der Waals surface area contributed by atoms with E-state index in [9.17, 15) is 9.59 Å². The minimum absolute atomic E-state index is 0.117. The predicted molar refractivity (Wildman–Crippen MR) is 91.5 cm³/mol. The van der Waals surface area contributed by atoms with E-state index < -0.39 is 0 Å². The molecule has 0 aliphatic carbocycles. The third kappa shape index (κ3) is 5.31. The van der Waals surface area contributed by atoms with Crippen LogP contribution in [0, 0.1) is 0 Å². The van der Waals surface area contributed by atoms with Gasteiger partial charge in [0.25, 0.3) is 5.91 Å². The molecule has 0 radical (unpaired) electrons. The van der Waals surface area contributed by atoms with Crippen LogP contribution in [0.2, 0.25) is 5.02 Å². The van der Waals surface area contributed by atoms with E-state index in [0.29, 0.717) is 23.1 Å². The van der Waals surface area contributed by atoms with Crippen LogP contribution in [-0.2, 0) is 4.79 Å². The lowest BCUT2D eigenvalue weighted by molar-refractivity contribution is -0.116. The molecule has 24 heavy (non-hydrogen) atoms. The highest BCUT2D eigenvalue weighted by Crippen LogP contribution is 2.28. The number of carbonyl (C=O) groups excluding carboxylic acids is 2. The molecule has 2 rings (SSSR count). The van der Waals surface area contributed by atoms with Crippen molar-refractivity contribution in [3.63, 3.8) is 0 Å². The molecule has 0 unspecified atom stereocenters. The first-order chi connectivity index (χ1) is 11.6. The van der Waals surface area contributed by atoms with Gasteiger partial charge in [0.15, 0.2) is 5.76 Å². The summed E-state index contributed by atoms with van der Waals surface area (Å²) in [4.78, 5) is 23.7. The van der Waals surface area contributed by atoms with Gasteiger partial charge in [-0.1, -0.05) is 18.5 Å². The number of nitrogens with one attached hydrogen (secondary N) is 2. The highest BCUT2D eigenvalue weighted by molar-refractivity contribution is 6.31. The van der Waals surface area contributed by atoms with E-state index in [1.807, 2.05) is 6.92 Å². The first-order valence-electron chi connectivity index (χ1n) is 7.64. The van der Waals surface area contributed by atoms with Crippen LogP contribution in [0.5, 0.6) is 5.75 Å². The van der Waals surface area contributed by atoms with E-state index in [1.165, 1.54) is 6.26 Å². The van der Waals surface area contributed by atoms with Gasteiger partial charge in [0.2, 0.25) is 5.91 Å². The van der Waals surface area contributed by atoms with Crippen molar-refractivity contribution in [3.8, 4) is 5.75 Å². The normalized spacial score (nSPS) is 10.2. The van der Waals surface area contributed by atoms with Crippen molar-refractivity contribution in [2.45, 2.75) is 19.8 Å². The molecule has 0 aliphatic heterocycles. The lowest BCUT2D eigenvalue weighted by atomic mass is 10.2. The summed E-state index contributed by atoms with van der Waals surface area (Å²) >= 11 is 5.96. The summed E-state index contributed by atoms with van der Waals surface area (Å²) in [6, 6.07) is 8.22. The van der Waals surface area contributed by atoms with Gasteiger partial charge < -0.3 is 19.8 Å². The second-order valence-corrected chi connectivity index (χ2v) is 5.46. The van der Waals surface area contributed by atoms with E-state index >= 15 is 0 Å². The van der Waals surface area contributed by atoms with Crippen LogP contribution in [0.15, 0.2) is 41.0 Å².